The van der Waals surface area contributed by atoms with Gasteiger partial charge in [0.25, 0.3) is 0 Å². The van der Waals surface area contributed by atoms with Gasteiger partial charge in [-0.25, -0.2) is 0 Å². The zero-order valence-electron chi connectivity index (χ0n) is 12.5. The van der Waals surface area contributed by atoms with Gasteiger partial charge in [0, 0.05) is 17.0 Å². The lowest BCUT2D eigenvalue weighted by atomic mass is 10.1. The summed E-state index contributed by atoms with van der Waals surface area (Å²) < 4.78 is 5.71. The van der Waals surface area contributed by atoms with E-state index in [2.05, 4.69) is 25.7 Å². The van der Waals surface area contributed by atoms with Crippen molar-refractivity contribution in [3.8, 4) is 17.6 Å². The zero-order valence-corrected chi connectivity index (χ0v) is 12.5. The fourth-order valence-electron chi connectivity index (χ4n) is 1.79. The van der Waals surface area contributed by atoms with Crippen molar-refractivity contribution >= 4 is 0 Å². The normalized spacial score (nSPS) is 12.9. The van der Waals surface area contributed by atoms with Gasteiger partial charge in [0.05, 0.1) is 0 Å². The molecule has 2 heteroatoms. The van der Waals surface area contributed by atoms with Crippen molar-refractivity contribution in [3.05, 3.63) is 65.7 Å². The second-order valence-corrected chi connectivity index (χ2v) is 5.11. The third kappa shape index (κ3) is 4.66. The summed E-state index contributed by atoms with van der Waals surface area (Å²) in [6.07, 6.45) is 0.734. The topological polar surface area (TPSA) is 35.2 Å². The van der Waals surface area contributed by atoms with E-state index in [9.17, 15) is 0 Å². The molecule has 0 aliphatic carbocycles. The first-order valence-electron chi connectivity index (χ1n) is 7.28. The molecule has 2 aromatic rings. The smallest absolute Gasteiger partial charge is 0.150 e. The van der Waals surface area contributed by atoms with Gasteiger partial charge in [-0.3, -0.25) is 5.73 Å². The third-order valence-corrected chi connectivity index (χ3v) is 3.46. The summed E-state index contributed by atoms with van der Waals surface area (Å²) >= 11 is 0. The number of rotatable bonds is 4. The average molecular weight is 279 g/mol. The Hall–Kier alpha value is -2.24. The van der Waals surface area contributed by atoms with E-state index in [4.69, 9.17) is 10.5 Å². The van der Waals surface area contributed by atoms with Crippen LogP contribution in [0.15, 0.2) is 54.6 Å². The van der Waals surface area contributed by atoms with Crippen LogP contribution in [0.2, 0.25) is 0 Å². The van der Waals surface area contributed by atoms with E-state index in [1.54, 1.807) is 0 Å². The Morgan fingerprint density at radius 1 is 0.952 bits per heavy atom. The monoisotopic (exact) mass is 279 g/mol. The first-order chi connectivity index (χ1) is 10.2. The molecule has 0 heterocycles. The molecule has 0 aliphatic rings. The maximum Gasteiger partial charge on any atom is 0.150 e. The minimum Gasteiger partial charge on any atom is -0.475 e. The largest absolute Gasteiger partial charge is 0.475 e. The van der Waals surface area contributed by atoms with Crippen LogP contribution in [0.4, 0.5) is 0 Å². The van der Waals surface area contributed by atoms with Gasteiger partial charge in [-0.2, -0.15) is 0 Å². The number of ether oxygens (including phenoxy) is 1. The summed E-state index contributed by atoms with van der Waals surface area (Å²) in [7, 11) is 0. The molecular formula is C19H21NO. The van der Waals surface area contributed by atoms with Crippen molar-refractivity contribution in [1.29, 1.82) is 0 Å². The lowest BCUT2D eigenvalue weighted by Crippen LogP contribution is -2.33. The minimum absolute atomic E-state index is 0.267. The minimum atomic E-state index is -0.267. The highest BCUT2D eigenvalue weighted by atomic mass is 16.5. The van der Waals surface area contributed by atoms with Gasteiger partial charge in [-0.05, 0) is 42.8 Å². The van der Waals surface area contributed by atoms with Crippen LogP contribution in [0.5, 0.6) is 5.75 Å². The van der Waals surface area contributed by atoms with Crippen LogP contribution in [0.3, 0.4) is 0 Å². The Morgan fingerprint density at radius 3 is 2.10 bits per heavy atom. The van der Waals surface area contributed by atoms with Gasteiger partial charge >= 0.3 is 0 Å². The molecule has 21 heavy (non-hydrogen) atoms. The van der Waals surface area contributed by atoms with Gasteiger partial charge in [-0.15, -0.1) is 0 Å². The van der Waals surface area contributed by atoms with Gasteiger partial charge in [-0.1, -0.05) is 43.9 Å². The van der Waals surface area contributed by atoms with Crippen molar-refractivity contribution in [3.63, 3.8) is 0 Å². The van der Waals surface area contributed by atoms with Gasteiger partial charge in [0.15, 0.2) is 0 Å². The highest BCUT2D eigenvalue weighted by Gasteiger charge is 2.11. The predicted octanol–water partition coefficient (Wildman–Crippen LogP) is 3.80. The molecule has 2 aromatic carbocycles. The summed E-state index contributed by atoms with van der Waals surface area (Å²) in [5, 5.41) is 0. The summed E-state index contributed by atoms with van der Waals surface area (Å²) in [6, 6.07) is 17.7. The fourth-order valence-corrected chi connectivity index (χ4v) is 1.79. The Bertz CT molecular complexity index is 608. The molecule has 108 valence electrons. The first kappa shape index (κ1) is 15.2. The van der Waals surface area contributed by atoms with E-state index in [-0.39, 0.29) is 6.23 Å². The lowest BCUT2D eigenvalue weighted by Gasteiger charge is -2.19. The Kier molecular flexibility index (Phi) is 5.43. The molecule has 0 aliphatic heterocycles. The third-order valence-electron chi connectivity index (χ3n) is 3.46. The molecule has 0 radical (unpaired) electrons. The quantitative estimate of drug-likeness (QED) is 0.682. The number of hydrogen-bond acceptors (Lipinski definition) is 2. The Morgan fingerprint density at radius 2 is 1.52 bits per heavy atom. The molecule has 2 rings (SSSR count). The predicted molar refractivity (Wildman–Crippen MR) is 86.9 cm³/mol. The van der Waals surface area contributed by atoms with Crippen LogP contribution in [-0.4, -0.2) is 6.23 Å². The summed E-state index contributed by atoms with van der Waals surface area (Å²) in [4.78, 5) is 0. The standard InChI is InChI=1S/C19H21NO/c1-3-15(2)19(20)21-18-13-11-17(12-14-18)10-9-16-7-5-4-6-8-16/h4-8,11-15,19H,3,20H2,1-2H3. The maximum atomic E-state index is 5.98. The Balaban J connectivity index is 2.01. The number of nitrogens with two attached hydrogens (primary N) is 1. The maximum absolute atomic E-state index is 5.98. The molecule has 0 spiro atoms. The zero-order chi connectivity index (χ0) is 15.1. The highest BCUT2D eigenvalue weighted by molar-refractivity contribution is 5.44. The molecular weight excluding hydrogens is 258 g/mol. The average Bonchev–Trinajstić information content (AvgIpc) is 2.54. The summed E-state index contributed by atoms with van der Waals surface area (Å²) in [5.74, 6) is 7.39. The molecule has 2 atom stereocenters. The molecule has 0 fully saturated rings. The van der Waals surface area contributed by atoms with E-state index in [0.717, 1.165) is 23.3 Å². The molecule has 2 unspecified atom stereocenters. The van der Waals surface area contributed by atoms with Crippen LogP contribution >= 0.6 is 0 Å². The van der Waals surface area contributed by atoms with Gasteiger partial charge in [0.1, 0.15) is 12.0 Å². The van der Waals surface area contributed by atoms with Crippen LogP contribution in [0.25, 0.3) is 0 Å². The first-order valence-corrected chi connectivity index (χ1v) is 7.28. The highest BCUT2D eigenvalue weighted by Crippen LogP contribution is 2.16. The molecule has 2 N–H and O–H groups in total. The van der Waals surface area contributed by atoms with Crippen LogP contribution < -0.4 is 10.5 Å². The van der Waals surface area contributed by atoms with Crippen molar-refractivity contribution in [2.45, 2.75) is 26.5 Å². The van der Waals surface area contributed by atoms with E-state index in [1.807, 2.05) is 54.6 Å². The van der Waals surface area contributed by atoms with Crippen LogP contribution in [0, 0.1) is 17.8 Å². The van der Waals surface area contributed by atoms with Gasteiger partial charge in [0.2, 0.25) is 0 Å². The van der Waals surface area contributed by atoms with Crippen LogP contribution in [0.1, 0.15) is 31.4 Å². The molecule has 0 saturated carbocycles. The second kappa shape index (κ2) is 7.52. The molecule has 0 bridgehead atoms. The van der Waals surface area contributed by atoms with E-state index >= 15 is 0 Å². The van der Waals surface area contributed by atoms with Crippen molar-refractivity contribution in [2.24, 2.45) is 11.7 Å². The summed E-state index contributed by atoms with van der Waals surface area (Å²) in [6.45, 7) is 4.19. The van der Waals surface area contributed by atoms with Gasteiger partial charge < -0.3 is 4.74 Å². The Labute approximate surface area is 126 Å². The molecule has 2 nitrogen and oxygen atoms in total. The van der Waals surface area contributed by atoms with Crippen molar-refractivity contribution < 1.29 is 4.74 Å². The van der Waals surface area contributed by atoms with Crippen molar-refractivity contribution in [1.82, 2.24) is 0 Å². The van der Waals surface area contributed by atoms with Crippen molar-refractivity contribution in [2.75, 3.05) is 0 Å². The second-order valence-electron chi connectivity index (χ2n) is 5.11. The van der Waals surface area contributed by atoms with Crippen LogP contribution in [-0.2, 0) is 0 Å². The molecule has 0 saturated heterocycles. The summed E-state index contributed by atoms with van der Waals surface area (Å²) in [5.41, 5.74) is 7.95. The molecule has 0 aromatic heterocycles. The fraction of sp³-hybridized carbons (Fsp3) is 0.263. The molecule has 0 amide bonds. The number of hydrogen-bond donors (Lipinski definition) is 1. The lowest BCUT2D eigenvalue weighted by molar-refractivity contribution is 0.146. The van der Waals surface area contributed by atoms with E-state index in [0.29, 0.717) is 5.92 Å². The SMILES string of the molecule is CCC(C)C(N)Oc1ccc(C#Cc2ccccc2)cc1. The van der Waals surface area contributed by atoms with E-state index in [1.165, 1.54) is 0 Å². The van der Waals surface area contributed by atoms with E-state index < -0.39 is 0 Å². The number of benzene rings is 2.